The van der Waals surface area contributed by atoms with Crippen LogP contribution in [0.4, 0.5) is 19.0 Å². The summed E-state index contributed by atoms with van der Waals surface area (Å²) in [5.74, 6) is -0.307. The van der Waals surface area contributed by atoms with E-state index in [0.29, 0.717) is 0 Å². The zero-order chi connectivity index (χ0) is 16.5. The predicted octanol–water partition coefficient (Wildman–Crippen LogP) is 2.39. The van der Waals surface area contributed by atoms with Crippen LogP contribution in [0.5, 0.6) is 0 Å². The van der Waals surface area contributed by atoms with E-state index < -0.39 is 22.9 Å². The summed E-state index contributed by atoms with van der Waals surface area (Å²) in [6.45, 7) is 0. The lowest BCUT2D eigenvalue weighted by atomic mass is 9.95. The molecular weight excluding hydrogens is 297 g/mol. The van der Waals surface area contributed by atoms with Crippen molar-refractivity contribution >= 4 is 5.82 Å². The molecule has 5 nitrogen and oxygen atoms in total. The second kappa shape index (κ2) is 5.26. The molecule has 0 atom stereocenters. The first kappa shape index (κ1) is 15.1. The predicted molar refractivity (Wildman–Crippen MR) is 71.3 cm³/mol. The molecular formula is C14H7F3N4O. The first-order valence-electron chi connectivity index (χ1n) is 5.83. The number of pyridine rings is 1. The minimum absolute atomic E-state index is 0.0827. The molecule has 0 saturated heterocycles. The number of nitriles is 2. The average Bonchev–Trinajstić information content (AvgIpc) is 2.46. The van der Waals surface area contributed by atoms with Gasteiger partial charge in [0, 0.05) is 5.56 Å². The zero-order valence-electron chi connectivity index (χ0n) is 10.8. The molecule has 110 valence electrons. The van der Waals surface area contributed by atoms with Gasteiger partial charge < -0.3 is 10.7 Å². The number of nitrogens with zero attached hydrogens (tertiary/aromatic N) is 2. The summed E-state index contributed by atoms with van der Waals surface area (Å²) in [6.07, 6.45) is -4.59. The maximum atomic E-state index is 12.8. The molecule has 0 amide bonds. The quantitative estimate of drug-likeness (QED) is 0.843. The summed E-state index contributed by atoms with van der Waals surface area (Å²) >= 11 is 0. The molecule has 0 bridgehead atoms. The van der Waals surface area contributed by atoms with Crippen molar-refractivity contribution < 1.29 is 13.2 Å². The Bertz CT molecular complexity index is 885. The van der Waals surface area contributed by atoms with Crippen LogP contribution in [0.2, 0.25) is 0 Å². The van der Waals surface area contributed by atoms with Crippen LogP contribution in [0.15, 0.2) is 29.1 Å². The van der Waals surface area contributed by atoms with Crippen molar-refractivity contribution in [2.45, 2.75) is 6.18 Å². The van der Waals surface area contributed by atoms with Crippen LogP contribution in [-0.2, 0) is 6.18 Å². The van der Waals surface area contributed by atoms with Crippen LogP contribution in [0.1, 0.15) is 16.7 Å². The van der Waals surface area contributed by atoms with Gasteiger partial charge in [0.05, 0.1) is 5.56 Å². The molecule has 1 heterocycles. The van der Waals surface area contributed by atoms with Gasteiger partial charge in [0.25, 0.3) is 5.56 Å². The molecule has 2 aromatic rings. The number of H-pyrrole nitrogens is 1. The Hall–Kier alpha value is -3.26. The number of benzene rings is 1. The molecule has 1 aromatic heterocycles. The summed E-state index contributed by atoms with van der Waals surface area (Å²) in [5, 5.41) is 18.2. The van der Waals surface area contributed by atoms with Crippen molar-refractivity contribution in [1.82, 2.24) is 4.98 Å². The standard InChI is InChI=1S/C14H7F3N4O/c15-14(16,17)8-3-1-2-7(4-8)11-9(5-18)12(20)21-13(22)10(11)6-19/h1-4H,(H3,20,21,22). The van der Waals surface area contributed by atoms with Crippen molar-refractivity contribution in [3.05, 3.63) is 51.3 Å². The van der Waals surface area contributed by atoms with E-state index in [1.54, 1.807) is 12.1 Å². The Morgan fingerprint density at radius 2 is 1.77 bits per heavy atom. The first-order chi connectivity index (χ1) is 10.3. The summed E-state index contributed by atoms with van der Waals surface area (Å²) < 4.78 is 38.4. The minimum atomic E-state index is -4.59. The molecule has 0 aliphatic carbocycles. The van der Waals surface area contributed by atoms with E-state index in [1.807, 2.05) is 0 Å². The van der Waals surface area contributed by atoms with Crippen molar-refractivity contribution in [3.8, 4) is 23.3 Å². The van der Waals surface area contributed by atoms with E-state index in [0.717, 1.165) is 18.2 Å². The topological polar surface area (TPSA) is 106 Å². The fraction of sp³-hybridized carbons (Fsp3) is 0.0714. The molecule has 0 aliphatic heterocycles. The van der Waals surface area contributed by atoms with Gasteiger partial charge in [-0.3, -0.25) is 4.79 Å². The largest absolute Gasteiger partial charge is 0.416 e. The average molecular weight is 304 g/mol. The number of nitrogens with one attached hydrogen (secondary N) is 1. The van der Waals surface area contributed by atoms with Gasteiger partial charge in [-0.2, -0.15) is 23.7 Å². The number of alkyl halides is 3. The van der Waals surface area contributed by atoms with Gasteiger partial charge in [-0.05, 0) is 17.7 Å². The van der Waals surface area contributed by atoms with Crippen molar-refractivity contribution in [2.75, 3.05) is 5.73 Å². The fourth-order valence-electron chi connectivity index (χ4n) is 1.98. The number of hydrogen-bond donors (Lipinski definition) is 2. The van der Waals surface area contributed by atoms with Crippen LogP contribution in [0.25, 0.3) is 11.1 Å². The molecule has 0 unspecified atom stereocenters. The van der Waals surface area contributed by atoms with E-state index >= 15 is 0 Å². The Labute approximate surface area is 122 Å². The summed E-state index contributed by atoms with van der Waals surface area (Å²) in [5.41, 5.74) is 2.66. The fourth-order valence-corrected chi connectivity index (χ4v) is 1.98. The van der Waals surface area contributed by atoms with E-state index in [4.69, 9.17) is 16.3 Å². The number of aromatic nitrogens is 1. The van der Waals surface area contributed by atoms with Crippen LogP contribution >= 0.6 is 0 Å². The Morgan fingerprint density at radius 1 is 1.14 bits per heavy atom. The molecule has 0 radical (unpaired) electrons. The lowest BCUT2D eigenvalue weighted by Gasteiger charge is -2.11. The number of anilines is 1. The van der Waals surface area contributed by atoms with Crippen molar-refractivity contribution in [3.63, 3.8) is 0 Å². The van der Waals surface area contributed by atoms with E-state index in [2.05, 4.69) is 4.98 Å². The molecule has 0 aliphatic rings. The highest BCUT2D eigenvalue weighted by atomic mass is 19.4. The highest BCUT2D eigenvalue weighted by molar-refractivity contribution is 5.80. The number of hydrogen-bond acceptors (Lipinski definition) is 4. The molecule has 3 N–H and O–H groups in total. The van der Waals surface area contributed by atoms with Crippen LogP contribution in [-0.4, -0.2) is 4.98 Å². The summed E-state index contributed by atoms with van der Waals surface area (Å²) in [6, 6.07) is 7.28. The molecule has 8 heteroatoms. The van der Waals surface area contributed by atoms with Gasteiger partial charge in [-0.15, -0.1) is 0 Å². The molecule has 22 heavy (non-hydrogen) atoms. The smallest absolute Gasteiger partial charge is 0.384 e. The molecule has 0 saturated carbocycles. The Balaban J connectivity index is 2.87. The van der Waals surface area contributed by atoms with Crippen molar-refractivity contribution in [2.24, 2.45) is 0 Å². The summed E-state index contributed by atoms with van der Waals surface area (Å²) in [7, 11) is 0. The number of halogens is 3. The first-order valence-corrected chi connectivity index (χ1v) is 5.83. The normalized spacial score (nSPS) is 10.8. The maximum Gasteiger partial charge on any atom is 0.416 e. The lowest BCUT2D eigenvalue weighted by Crippen LogP contribution is -2.16. The van der Waals surface area contributed by atoms with E-state index in [9.17, 15) is 18.0 Å². The third kappa shape index (κ3) is 2.50. The molecule has 2 rings (SSSR count). The molecule has 0 fully saturated rings. The maximum absolute atomic E-state index is 12.8. The second-order valence-electron chi connectivity index (χ2n) is 4.29. The van der Waals surface area contributed by atoms with Crippen LogP contribution < -0.4 is 11.3 Å². The highest BCUT2D eigenvalue weighted by Gasteiger charge is 2.31. The summed E-state index contributed by atoms with van der Waals surface area (Å²) in [4.78, 5) is 13.8. The van der Waals surface area contributed by atoms with Gasteiger partial charge in [-0.25, -0.2) is 0 Å². The second-order valence-corrected chi connectivity index (χ2v) is 4.29. The van der Waals surface area contributed by atoms with Crippen LogP contribution in [0, 0.1) is 22.7 Å². The molecule has 1 aromatic carbocycles. The minimum Gasteiger partial charge on any atom is -0.384 e. The highest BCUT2D eigenvalue weighted by Crippen LogP contribution is 2.34. The number of nitrogens with two attached hydrogens (primary N) is 1. The SMILES string of the molecule is N#Cc1c(N)[nH]c(=O)c(C#N)c1-c1cccc(C(F)(F)F)c1. The third-order valence-corrected chi connectivity index (χ3v) is 2.95. The number of aromatic amines is 1. The zero-order valence-corrected chi connectivity index (χ0v) is 10.8. The Morgan fingerprint density at radius 3 is 2.32 bits per heavy atom. The lowest BCUT2D eigenvalue weighted by molar-refractivity contribution is -0.137. The van der Waals surface area contributed by atoms with E-state index in [-0.39, 0.29) is 22.5 Å². The van der Waals surface area contributed by atoms with Crippen molar-refractivity contribution in [1.29, 1.82) is 10.5 Å². The van der Waals surface area contributed by atoms with Gasteiger partial charge in [0.15, 0.2) is 0 Å². The van der Waals surface area contributed by atoms with Gasteiger partial charge in [0.2, 0.25) is 0 Å². The van der Waals surface area contributed by atoms with Gasteiger partial charge in [-0.1, -0.05) is 12.1 Å². The third-order valence-electron chi connectivity index (χ3n) is 2.95. The monoisotopic (exact) mass is 304 g/mol. The van der Waals surface area contributed by atoms with E-state index in [1.165, 1.54) is 6.07 Å². The van der Waals surface area contributed by atoms with Gasteiger partial charge >= 0.3 is 6.18 Å². The number of nitrogen functional groups attached to an aromatic ring is 1. The number of rotatable bonds is 1. The van der Waals surface area contributed by atoms with Crippen LogP contribution in [0.3, 0.4) is 0 Å². The van der Waals surface area contributed by atoms with Gasteiger partial charge in [0.1, 0.15) is 29.1 Å². The Kier molecular flexibility index (Phi) is 3.62. The molecule has 0 spiro atoms.